The number of amides is 1. The summed E-state index contributed by atoms with van der Waals surface area (Å²) < 4.78 is 5.01. The van der Waals surface area contributed by atoms with Crippen molar-refractivity contribution in [3.8, 4) is 0 Å². The van der Waals surface area contributed by atoms with Crippen LogP contribution < -0.4 is 5.43 Å². The molecule has 0 aliphatic rings. The smallest absolute Gasteiger partial charge is 0.314 e. The van der Waals surface area contributed by atoms with Crippen LogP contribution in [0.2, 0.25) is 0 Å². The number of carbonyl (C=O) groups is 2. The number of rotatable bonds is 7. The number of hydrogen-bond donors (Lipinski definition) is 1. The number of nitro benzene ring substituents is 1. The van der Waals surface area contributed by atoms with Crippen LogP contribution in [-0.2, 0) is 9.53 Å². The van der Waals surface area contributed by atoms with Gasteiger partial charge in [-0.25, -0.2) is 5.43 Å². The molecule has 130 valence electrons. The third-order valence-corrected chi connectivity index (χ3v) is 3.34. The van der Waals surface area contributed by atoms with Crippen LogP contribution in [0.3, 0.4) is 0 Å². The Balaban J connectivity index is 2.96. The summed E-state index contributed by atoms with van der Waals surface area (Å²) in [6.45, 7) is 7.23. The molecular formula is C16H21N3O5. The van der Waals surface area contributed by atoms with E-state index in [1.807, 2.05) is 13.8 Å². The highest BCUT2D eigenvalue weighted by molar-refractivity contribution is 6.03. The van der Waals surface area contributed by atoms with Gasteiger partial charge in [-0.3, -0.25) is 19.7 Å². The third kappa shape index (κ3) is 4.87. The van der Waals surface area contributed by atoms with Gasteiger partial charge in [0.15, 0.2) is 0 Å². The Hall–Kier alpha value is -2.77. The second-order valence-electron chi connectivity index (χ2n) is 5.44. The number of benzene rings is 1. The van der Waals surface area contributed by atoms with Crippen LogP contribution in [0.15, 0.2) is 29.4 Å². The molecule has 1 aromatic carbocycles. The molecule has 1 amide bonds. The molecule has 0 saturated carbocycles. The number of nitrogens with one attached hydrogen (secondary N) is 1. The van der Waals surface area contributed by atoms with Gasteiger partial charge < -0.3 is 4.74 Å². The van der Waals surface area contributed by atoms with E-state index in [0.29, 0.717) is 5.71 Å². The van der Waals surface area contributed by atoms with E-state index in [1.165, 1.54) is 24.3 Å². The summed E-state index contributed by atoms with van der Waals surface area (Å²) in [5.41, 5.74) is 2.22. The van der Waals surface area contributed by atoms with Crippen LogP contribution in [-0.4, -0.2) is 29.1 Å². The van der Waals surface area contributed by atoms with E-state index in [-0.39, 0.29) is 23.8 Å². The van der Waals surface area contributed by atoms with Gasteiger partial charge in [0.2, 0.25) is 0 Å². The van der Waals surface area contributed by atoms with Gasteiger partial charge in [-0.2, -0.15) is 5.10 Å². The van der Waals surface area contributed by atoms with Crippen LogP contribution in [0.25, 0.3) is 0 Å². The van der Waals surface area contributed by atoms with Crippen molar-refractivity contribution in [2.45, 2.75) is 27.7 Å². The lowest BCUT2D eigenvalue weighted by atomic mass is 9.92. The number of para-hydroxylation sites is 1. The van der Waals surface area contributed by atoms with Crippen molar-refractivity contribution in [1.82, 2.24) is 5.43 Å². The minimum Gasteiger partial charge on any atom is -0.465 e. The van der Waals surface area contributed by atoms with Crippen LogP contribution in [0.1, 0.15) is 38.1 Å². The Morgan fingerprint density at radius 3 is 2.50 bits per heavy atom. The van der Waals surface area contributed by atoms with E-state index in [0.717, 1.165) is 0 Å². The number of nitro groups is 1. The normalized spacial score (nSPS) is 12.6. The second kappa shape index (κ2) is 8.76. The average molecular weight is 335 g/mol. The Morgan fingerprint density at radius 1 is 1.33 bits per heavy atom. The minimum absolute atomic E-state index is 0.0734. The van der Waals surface area contributed by atoms with Crippen molar-refractivity contribution in [1.29, 1.82) is 0 Å². The highest BCUT2D eigenvalue weighted by Gasteiger charge is 2.27. The number of hydrazone groups is 1. The van der Waals surface area contributed by atoms with Crippen molar-refractivity contribution in [2.75, 3.05) is 6.61 Å². The molecule has 1 aromatic rings. The van der Waals surface area contributed by atoms with Gasteiger partial charge in [-0.1, -0.05) is 26.0 Å². The van der Waals surface area contributed by atoms with Gasteiger partial charge in [-0.05, 0) is 25.8 Å². The molecule has 0 spiro atoms. The van der Waals surface area contributed by atoms with Crippen molar-refractivity contribution in [3.05, 3.63) is 39.9 Å². The van der Waals surface area contributed by atoms with E-state index in [2.05, 4.69) is 10.5 Å². The van der Waals surface area contributed by atoms with Crippen molar-refractivity contribution in [2.24, 2.45) is 16.9 Å². The molecule has 0 aliphatic carbocycles. The fourth-order valence-electron chi connectivity index (χ4n) is 2.25. The first-order valence-electron chi connectivity index (χ1n) is 7.54. The van der Waals surface area contributed by atoms with E-state index >= 15 is 0 Å². The molecule has 1 rings (SSSR count). The molecule has 8 heteroatoms. The maximum atomic E-state index is 12.1. The number of nitrogens with zero attached hydrogens (tertiary/aromatic N) is 2. The number of hydrogen-bond acceptors (Lipinski definition) is 6. The molecule has 0 aliphatic heterocycles. The number of esters is 1. The number of ether oxygens (including phenoxy) is 1. The lowest BCUT2D eigenvalue weighted by molar-refractivity contribution is -0.385. The minimum atomic E-state index is -0.715. The van der Waals surface area contributed by atoms with Crippen molar-refractivity contribution in [3.63, 3.8) is 0 Å². The number of carbonyl (C=O) groups excluding carboxylic acids is 2. The fourth-order valence-corrected chi connectivity index (χ4v) is 2.25. The molecule has 0 aromatic heterocycles. The lowest BCUT2D eigenvalue weighted by Gasteiger charge is -2.18. The van der Waals surface area contributed by atoms with Crippen molar-refractivity contribution >= 4 is 23.3 Å². The highest BCUT2D eigenvalue weighted by Crippen LogP contribution is 2.18. The van der Waals surface area contributed by atoms with Gasteiger partial charge in [0.1, 0.15) is 5.56 Å². The first kappa shape index (κ1) is 19.3. The summed E-state index contributed by atoms with van der Waals surface area (Å²) in [6.07, 6.45) is 0. The summed E-state index contributed by atoms with van der Waals surface area (Å²) in [4.78, 5) is 34.4. The van der Waals surface area contributed by atoms with Crippen LogP contribution >= 0.6 is 0 Å². The van der Waals surface area contributed by atoms with Gasteiger partial charge in [-0.15, -0.1) is 0 Å². The van der Waals surface area contributed by atoms with E-state index in [9.17, 15) is 19.7 Å². The molecule has 0 fully saturated rings. The molecule has 0 unspecified atom stereocenters. The van der Waals surface area contributed by atoms with Gasteiger partial charge in [0.05, 0.1) is 17.4 Å². The van der Waals surface area contributed by atoms with Crippen molar-refractivity contribution < 1.29 is 19.2 Å². The molecule has 0 radical (unpaired) electrons. The monoisotopic (exact) mass is 335 g/mol. The molecule has 1 N–H and O–H groups in total. The largest absolute Gasteiger partial charge is 0.465 e. The maximum absolute atomic E-state index is 12.1. The molecule has 0 heterocycles. The fraction of sp³-hybridized carbons (Fsp3) is 0.438. The Morgan fingerprint density at radius 2 is 1.96 bits per heavy atom. The quantitative estimate of drug-likeness (QED) is 0.356. The van der Waals surface area contributed by atoms with Crippen LogP contribution in [0, 0.1) is 22.0 Å². The van der Waals surface area contributed by atoms with E-state index in [1.54, 1.807) is 13.8 Å². The predicted octanol–water partition coefficient (Wildman–Crippen LogP) is 2.54. The first-order chi connectivity index (χ1) is 11.3. The van der Waals surface area contributed by atoms with Crippen LogP contribution in [0.5, 0.6) is 0 Å². The molecule has 1 atom stereocenters. The highest BCUT2D eigenvalue weighted by atomic mass is 16.6. The first-order valence-corrected chi connectivity index (χ1v) is 7.54. The van der Waals surface area contributed by atoms with Gasteiger partial charge in [0, 0.05) is 11.8 Å². The summed E-state index contributed by atoms with van der Waals surface area (Å²) in [5, 5.41) is 14.9. The molecule has 8 nitrogen and oxygen atoms in total. The lowest BCUT2D eigenvalue weighted by Crippen LogP contribution is -2.31. The average Bonchev–Trinajstić information content (AvgIpc) is 2.52. The zero-order valence-corrected chi connectivity index (χ0v) is 14.1. The summed E-state index contributed by atoms with van der Waals surface area (Å²) >= 11 is 0. The topological polar surface area (TPSA) is 111 Å². The zero-order chi connectivity index (χ0) is 18.3. The maximum Gasteiger partial charge on any atom is 0.314 e. The van der Waals surface area contributed by atoms with Gasteiger partial charge >= 0.3 is 5.97 Å². The Bertz CT molecular complexity index is 655. The predicted molar refractivity (Wildman–Crippen MR) is 88.6 cm³/mol. The van der Waals surface area contributed by atoms with E-state index in [4.69, 9.17) is 4.74 Å². The second-order valence-corrected chi connectivity index (χ2v) is 5.44. The molecule has 0 bridgehead atoms. The summed E-state index contributed by atoms with van der Waals surface area (Å²) in [6, 6.07) is 5.57. The third-order valence-electron chi connectivity index (χ3n) is 3.34. The Kier molecular flexibility index (Phi) is 7.03. The molecular weight excluding hydrogens is 314 g/mol. The standard InChI is InChI=1S/C16H21N3O5/c1-5-24-16(21)14(10(2)3)11(4)17-18-15(20)12-8-6-7-9-13(12)19(22)23/h6-10,14H,5H2,1-4H3,(H,18,20)/b17-11-/t14-/m1/s1. The molecule has 0 saturated heterocycles. The zero-order valence-electron chi connectivity index (χ0n) is 14.1. The van der Waals surface area contributed by atoms with E-state index < -0.39 is 22.7 Å². The van der Waals surface area contributed by atoms with Gasteiger partial charge in [0.25, 0.3) is 11.6 Å². The SMILES string of the molecule is CCOC(=O)[C@@H](/C(C)=N\NC(=O)c1ccccc1[N+](=O)[O-])C(C)C. The Labute approximate surface area is 140 Å². The van der Waals surface area contributed by atoms with Crippen LogP contribution in [0.4, 0.5) is 5.69 Å². The molecule has 24 heavy (non-hydrogen) atoms. The summed E-state index contributed by atoms with van der Waals surface area (Å²) in [7, 11) is 0. The summed E-state index contributed by atoms with van der Waals surface area (Å²) in [5.74, 6) is -1.81.